The number of aliphatic hydroxyl groups excluding tert-OH is 1. The number of carbonyl (C=O) groups excluding carboxylic acids is 1. The van der Waals surface area contributed by atoms with E-state index < -0.39 is 23.8 Å². The predicted octanol–water partition coefficient (Wildman–Crippen LogP) is 4.33. The summed E-state index contributed by atoms with van der Waals surface area (Å²) < 4.78 is 5.35. The highest BCUT2D eigenvalue weighted by Gasteiger charge is 2.27. The number of aliphatic hydroxyl groups is 1. The molecule has 0 radical (unpaired) electrons. The molecule has 0 bridgehead atoms. The Morgan fingerprint density at radius 2 is 1.88 bits per heavy atom. The first-order chi connectivity index (χ1) is 11.6. The molecule has 0 spiro atoms. The molecule has 0 aromatic heterocycles. The van der Waals surface area contributed by atoms with Crippen LogP contribution in [-0.2, 0) is 11.2 Å². The molecule has 25 heavy (non-hydrogen) atoms. The summed E-state index contributed by atoms with van der Waals surface area (Å²) in [7, 11) is 0. The lowest BCUT2D eigenvalue weighted by Gasteiger charge is -2.29. The SMILES string of the molecule is C=C[C@@H](C[C@H](O)[C@H](Cc1ccccc1)NC(=O)OC(C)(C)C)C(C)C. The third-order valence-corrected chi connectivity index (χ3v) is 4.14. The van der Waals surface area contributed by atoms with Crippen molar-refractivity contribution < 1.29 is 14.6 Å². The number of hydrogen-bond donors (Lipinski definition) is 2. The Hall–Kier alpha value is -1.81. The fourth-order valence-corrected chi connectivity index (χ4v) is 2.69. The van der Waals surface area contributed by atoms with Crippen LogP contribution in [0.4, 0.5) is 4.79 Å². The number of rotatable bonds is 8. The molecule has 1 aromatic rings. The number of carbonyl (C=O) groups is 1. The second-order valence-corrected chi connectivity index (χ2v) is 7.89. The van der Waals surface area contributed by atoms with E-state index in [1.54, 1.807) is 0 Å². The van der Waals surface area contributed by atoms with Gasteiger partial charge in [0.15, 0.2) is 0 Å². The number of benzene rings is 1. The van der Waals surface area contributed by atoms with Gasteiger partial charge in [-0.2, -0.15) is 0 Å². The van der Waals surface area contributed by atoms with E-state index in [1.165, 1.54) is 0 Å². The van der Waals surface area contributed by atoms with Gasteiger partial charge in [0.25, 0.3) is 0 Å². The summed E-state index contributed by atoms with van der Waals surface area (Å²) in [5, 5.41) is 13.6. The first-order valence-corrected chi connectivity index (χ1v) is 8.96. The lowest BCUT2D eigenvalue weighted by molar-refractivity contribution is 0.0393. The zero-order chi connectivity index (χ0) is 19.0. The molecule has 140 valence electrons. The maximum Gasteiger partial charge on any atom is 0.407 e. The van der Waals surface area contributed by atoms with Crippen molar-refractivity contribution in [1.29, 1.82) is 0 Å². The van der Waals surface area contributed by atoms with Crippen molar-refractivity contribution in [2.45, 2.75) is 65.2 Å². The molecular formula is C21H33NO3. The van der Waals surface area contributed by atoms with E-state index in [0.717, 1.165) is 5.56 Å². The Labute approximate surface area is 152 Å². The minimum Gasteiger partial charge on any atom is -0.444 e. The van der Waals surface area contributed by atoms with Gasteiger partial charge in [-0.3, -0.25) is 0 Å². The molecule has 3 atom stereocenters. The summed E-state index contributed by atoms with van der Waals surface area (Å²) in [4.78, 5) is 12.2. The normalized spacial score (nSPS) is 15.3. The van der Waals surface area contributed by atoms with E-state index in [9.17, 15) is 9.90 Å². The Balaban J connectivity index is 2.86. The van der Waals surface area contributed by atoms with Crippen LogP contribution in [0.1, 0.15) is 46.6 Å². The van der Waals surface area contributed by atoms with Gasteiger partial charge in [0.1, 0.15) is 5.60 Å². The molecule has 1 rings (SSSR count). The number of nitrogens with one attached hydrogen (secondary N) is 1. The molecule has 1 aromatic carbocycles. The van der Waals surface area contributed by atoms with Gasteiger partial charge in [0, 0.05) is 0 Å². The molecule has 0 fully saturated rings. The van der Waals surface area contributed by atoms with Crippen LogP contribution in [0.25, 0.3) is 0 Å². The van der Waals surface area contributed by atoms with Crippen LogP contribution in [0.15, 0.2) is 43.0 Å². The average molecular weight is 347 g/mol. The zero-order valence-electron chi connectivity index (χ0n) is 16.2. The zero-order valence-corrected chi connectivity index (χ0v) is 16.2. The summed E-state index contributed by atoms with van der Waals surface area (Å²) in [5.41, 5.74) is 0.482. The van der Waals surface area contributed by atoms with Crippen LogP contribution < -0.4 is 5.32 Å². The van der Waals surface area contributed by atoms with Gasteiger partial charge in [0.2, 0.25) is 0 Å². The van der Waals surface area contributed by atoms with Crippen LogP contribution in [-0.4, -0.2) is 28.9 Å². The summed E-state index contributed by atoms with van der Waals surface area (Å²) >= 11 is 0. The van der Waals surface area contributed by atoms with Gasteiger partial charge in [-0.15, -0.1) is 6.58 Å². The van der Waals surface area contributed by atoms with Crippen molar-refractivity contribution in [3.05, 3.63) is 48.6 Å². The van der Waals surface area contributed by atoms with Gasteiger partial charge >= 0.3 is 6.09 Å². The molecular weight excluding hydrogens is 314 g/mol. The molecule has 0 aliphatic heterocycles. The first-order valence-electron chi connectivity index (χ1n) is 8.96. The fraction of sp³-hybridized carbons (Fsp3) is 0.571. The van der Waals surface area contributed by atoms with E-state index in [4.69, 9.17) is 4.74 Å². The molecule has 0 aliphatic rings. The average Bonchev–Trinajstić information content (AvgIpc) is 2.50. The summed E-state index contributed by atoms with van der Waals surface area (Å²) in [5.74, 6) is 0.569. The molecule has 1 amide bonds. The van der Waals surface area contributed by atoms with Crippen LogP contribution >= 0.6 is 0 Å². The number of ether oxygens (including phenoxy) is 1. The smallest absolute Gasteiger partial charge is 0.407 e. The summed E-state index contributed by atoms with van der Waals surface area (Å²) in [6.45, 7) is 13.5. The predicted molar refractivity (Wildman–Crippen MR) is 102 cm³/mol. The highest BCUT2D eigenvalue weighted by Crippen LogP contribution is 2.21. The standard InChI is InChI=1S/C21H33NO3/c1-7-17(15(2)3)14-19(23)18(13-16-11-9-8-10-12-16)22-20(24)25-21(4,5)6/h7-12,15,17-19,23H,1,13-14H2,2-6H3,(H,22,24)/t17-,18-,19-/m0/s1. The minimum atomic E-state index is -0.682. The molecule has 0 heterocycles. The molecule has 4 heteroatoms. The van der Waals surface area contributed by atoms with Crippen molar-refractivity contribution in [1.82, 2.24) is 5.32 Å². The lowest BCUT2D eigenvalue weighted by Crippen LogP contribution is -2.47. The lowest BCUT2D eigenvalue weighted by atomic mass is 9.87. The third-order valence-electron chi connectivity index (χ3n) is 4.14. The van der Waals surface area contributed by atoms with Crippen LogP contribution in [0, 0.1) is 11.8 Å². The maximum atomic E-state index is 12.2. The molecule has 0 saturated carbocycles. The highest BCUT2D eigenvalue weighted by molar-refractivity contribution is 5.68. The Bertz CT molecular complexity index is 534. The second kappa shape index (κ2) is 9.62. The van der Waals surface area contributed by atoms with E-state index >= 15 is 0 Å². The Kier molecular flexibility index (Phi) is 8.17. The van der Waals surface area contributed by atoms with Crippen molar-refractivity contribution in [3.63, 3.8) is 0 Å². The summed E-state index contributed by atoms with van der Waals surface area (Å²) in [6.07, 6.45) is 1.78. The van der Waals surface area contributed by atoms with Crippen LogP contribution in [0.5, 0.6) is 0 Å². The molecule has 4 nitrogen and oxygen atoms in total. The molecule has 0 saturated heterocycles. The van der Waals surface area contributed by atoms with Gasteiger partial charge in [-0.25, -0.2) is 4.79 Å². The van der Waals surface area contributed by atoms with Crippen molar-refractivity contribution in [2.24, 2.45) is 11.8 Å². The van der Waals surface area contributed by atoms with Crippen molar-refractivity contribution >= 4 is 6.09 Å². The molecule has 0 aliphatic carbocycles. The fourth-order valence-electron chi connectivity index (χ4n) is 2.69. The number of allylic oxidation sites excluding steroid dienone is 1. The van der Waals surface area contributed by atoms with Crippen LogP contribution in [0.2, 0.25) is 0 Å². The van der Waals surface area contributed by atoms with Crippen molar-refractivity contribution in [3.8, 4) is 0 Å². The van der Waals surface area contributed by atoms with Crippen molar-refractivity contribution in [2.75, 3.05) is 0 Å². The number of hydrogen-bond acceptors (Lipinski definition) is 3. The number of amides is 1. The van der Waals surface area contributed by atoms with Gasteiger partial charge < -0.3 is 15.2 Å². The molecule has 0 unspecified atom stereocenters. The Morgan fingerprint density at radius 1 is 1.28 bits per heavy atom. The first kappa shape index (κ1) is 21.2. The van der Waals surface area contributed by atoms with Gasteiger partial charge in [0.05, 0.1) is 12.1 Å². The largest absolute Gasteiger partial charge is 0.444 e. The second-order valence-electron chi connectivity index (χ2n) is 7.89. The third kappa shape index (κ3) is 8.21. The van der Waals surface area contributed by atoms with Crippen LogP contribution in [0.3, 0.4) is 0 Å². The van der Waals surface area contributed by atoms with E-state index in [0.29, 0.717) is 18.8 Å². The number of alkyl carbamates (subject to hydrolysis) is 1. The minimum absolute atomic E-state index is 0.189. The van der Waals surface area contributed by atoms with E-state index in [2.05, 4.69) is 25.7 Å². The summed E-state index contributed by atoms with van der Waals surface area (Å²) in [6, 6.07) is 9.41. The maximum absolute atomic E-state index is 12.2. The van der Waals surface area contributed by atoms with E-state index in [1.807, 2.05) is 57.2 Å². The quantitative estimate of drug-likeness (QED) is 0.688. The monoisotopic (exact) mass is 347 g/mol. The highest BCUT2D eigenvalue weighted by atomic mass is 16.6. The molecule has 2 N–H and O–H groups in total. The topological polar surface area (TPSA) is 58.6 Å². The van der Waals surface area contributed by atoms with Gasteiger partial charge in [-0.1, -0.05) is 50.3 Å². The van der Waals surface area contributed by atoms with Gasteiger partial charge in [-0.05, 0) is 51.0 Å². The Morgan fingerprint density at radius 3 is 2.36 bits per heavy atom. The van der Waals surface area contributed by atoms with E-state index in [-0.39, 0.29) is 5.92 Å².